The lowest BCUT2D eigenvalue weighted by atomic mass is 9.97. The normalized spacial score (nSPS) is 10.7. The molecule has 158 valence electrons. The first kappa shape index (κ1) is 20.2. The fourth-order valence-electron chi connectivity index (χ4n) is 3.66. The van der Waals surface area contributed by atoms with Crippen molar-refractivity contribution < 1.29 is 4.92 Å². The summed E-state index contributed by atoms with van der Waals surface area (Å²) in [6.45, 7) is 0. The molecule has 0 radical (unpaired) electrons. The Bertz CT molecular complexity index is 1400. The third-order valence-electron chi connectivity index (χ3n) is 5.34. The Hall–Kier alpha value is -4.71. The molecular formula is C27H18N4O2. The summed E-state index contributed by atoms with van der Waals surface area (Å²) in [7, 11) is 0. The molecule has 0 saturated carbocycles. The largest absolute Gasteiger partial charge is 0.269 e. The molecule has 0 spiro atoms. The smallest absolute Gasteiger partial charge is 0.258 e. The number of nitro groups is 1. The molecule has 0 unspecified atom stereocenters. The first-order chi connectivity index (χ1) is 16.2. The van der Waals surface area contributed by atoms with Gasteiger partial charge in [0.2, 0.25) is 0 Å². The number of rotatable bonds is 5. The second-order valence-corrected chi connectivity index (χ2v) is 7.40. The molecule has 0 fully saturated rings. The van der Waals surface area contributed by atoms with E-state index in [0.717, 1.165) is 45.0 Å². The van der Waals surface area contributed by atoms with Gasteiger partial charge in [0.1, 0.15) is 0 Å². The minimum absolute atomic E-state index is 0.0782. The molecule has 0 amide bonds. The predicted octanol–water partition coefficient (Wildman–Crippen LogP) is 6.45. The topological polar surface area (TPSA) is 81.8 Å². The second kappa shape index (κ2) is 8.80. The van der Waals surface area contributed by atoms with E-state index in [1.807, 2.05) is 72.8 Å². The van der Waals surface area contributed by atoms with Crippen LogP contribution in [0.3, 0.4) is 0 Å². The summed E-state index contributed by atoms with van der Waals surface area (Å²) < 4.78 is 0. The Morgan fingerprint density at radius 3 is 1.73 bits per heavy atom. The highest BCUT2D eigenvalue weighted by Gasteiger charge is 2.13. The molecule has 0 aliphatic rings. The summed E-state index contributed by atoms with van der Waals surface area (Å²) in [4.78, 5) is 24.4. The molecular weight excluding hydrogens is 412 g/mol. The van der Waals surface area contributed by atoms with Crippen LogP contribution < -0.4 is 0 Å². The molecule has 5 aromatic rings. The summed E-state index contributed by atoms with van der Waals surface area (Å²) in [5, 5.41) is 10.9. The molecule has 0 aliphatic carbocycles. The van der Waals surface area contributed by atoms with Crippen molar-refractivity contribution in [1.82, 2.24) is 15.0 Å². The van der Waals surface area contributed by atoms with Crippen molar-refractivity contribution in [2.24, 2.45) is 0 Å². The Kier molecular flexibility index (Phi) is 5.39. The lowest BCUT2D eigenvalue weighted by Crippen LogP contribution is -1.95. The van der Waals surface area contributed by atoms with Crippen molar-refractivity contribution in [3.05, 3.63) is 120 Å². The van der Waals surface area contributed by atoms with Crippen molar-refractivity contribution in [2.75, 3.05) is 0 Å². The van der Waals surface area contributed by atoms with Crippen molar-refractivity contribution >= 4 is 5.69 Å². The van der Waals surface area contributed by atoms with Gasteiger partial charge in [-0.2, -0.15) is 0 Å². The highest BCUT2D eigenvalue weighted by Crippen LogP contribution is 2.33. The third kappa shape index (κ3) is 4.22. The summed E-state index contributed by atoms with van der Waals surface area (Å²) in [6.07, 6.45) is 3.51. The molecule has 0 bridgehead atoms. The maximum atomic E-state index is 10.9. The minimum Gasteiger partial charge on any atom is -0.258 e. The number of non-ortho nitro benzene ring substituents is 1. The fraction of sp³-hybridized carbons (Fsp3) is 0. The maximum absolute atomic E-state index is 10.9. The number of hydrogen-bond donors (Lipinski definition) is 0. The van der Waals surface area contributed by atoms with Crippen LogP contribution in [0.1, 0.15) is 0 Å². The van der Waals surface area contributed by atoms with Crippen LogP contribution in [0, 0.1) is 10.1 Å². The molecule has 0 atom stereocenters. The number of nitrogens with zero attached hydrogens (tertiary/aromatic N) is 4. The van der Waals surface area contributed by atoms with E-state index in [2.05, 4.69) is 9.97 Å². The van der Waals surface area contributed by atoms with E-state index in [9.17, 15) is 10.1 Å². The summed E-state index contributed by atoms with van der Waals surface area (Å²) in [5.41, 5.74) is 7.08. The number of benzene rings is 2. The standard InChI is InChI=1S/C27H18N4O2/c32-31(33)22-13-11-20(12-14-22)19-7-9-21(10-8-19)23-15-16-25(24-5-1-3-17-28-24)30-27(23)26-6-2-4-18-29-26/h1-18H. The van der Waals surface area contributed by atoms with Gasteiger partial charge in [0.05, 0.1) is 27.7 Å². The average Bonchev–Trinajstić information content (AvgIpc) is 2.89. The molecule has 2 aromatic carbocycles. The zero-order chi connectivity index (χ0) is 22.6. The van der Waals surface area contributed by atoms with Gasteiger partial charge in [-0.3, -0.25) is 20.1 Å². The van der Waals surface area contributed by atoms with E-state index >= 15 is 0 Å². The monoisotopic (exact) mass is 430 g/mol. The highest BCUT2D eigenvalue weighted by molar-refractivity contribution is 5.82. The Morgan fingerprint density at radius 2 is 1.15 bits per heavy atom. The van der Waals surface area contributed by atoms with Crippen LogP contribution in [0.25, 0.3) is 45.0 Å². The third-order valence-corrected chi connectivity index (χ3v) is 5.34. The first-order valence-electron chi connectivity index (χ1n) is 10.4. The van der Waals surface area contributed by atoms with Crippen molar-refractivity contribution in [3.63, 3.8) is 0 Å². The lowest BCUT2D eigenvalue weighted by Gasteiger charge is -2.12. The van der Waals surface area contributed by atoms with Crippen LogP contribution >= 0.6 is 0 Å². The lowest BCUT2D eigenvalue weighted by molar-refractivity contribution is -0.384. The summed E-state index contributed by atoms with van der Waals surface area (Å²) in [6, 6.07) is 30.1. The van der Waals surface area contributed by atoms with Gasteiger partial charge in [-0.05, 0) is 65.2 Å². The van der Waals surface area contributed by atoms with Crippen LogP contribution in [0.4, 0.5) is 5.69 Å². The van der Waals surface area contributed by atoms with Crippen molar-refractivity contribution in [2.45, 2.75) is 0 Å². The van der Waals surface area contributed by atoms with Crippen LogP contribution in [0.5, 0.6) is 0 Å². The Labute approximate surface area is 190 Å². The quantitative estimate of drug-likeness (QED) is 0.236. The summed E-state index contributed by atoms with van der Waals surface area (Å²) in [5.74, 6) is 0. The highest BCUT2D eigenvalue weighted by atomic mass is 16.6. The van der Waals surface area contributed by atoms with Crippen molar-refractivity contribution in [3.8, 4) is 45.0 Å². The first-order valence-corrected chi connectivity index (χ1v) is 10.4. The molecule has 3 aromatic heterocycles. The van der Waals surface area contributed by atoms with Crippen LogP contribution in [-0.2, 0) is 0 Å². The van der Waals surface area contributed by atoms with Gasteiger partial charge in [-0.25, -0.2) is 4.98 Å². The Balaban J connectivity index is 1.55. The molecule has 0 aliphatic heterocycles. The minimum atomic E-state index is -0.395. The Morgan fingerprint density at radius 1 is 0.576 bits per heavy atom. The van der Waals surface area contributed by atoms with E-state index < -0.39 is 4.92 Å². The van der Waals surface area contributed by atoms with E-state index in [-0.39, 0.29) is 5.69 Å². The fourth-order valence-corrected chi connectivity index (χ4v) is 3.66. The molecule has 3 heterocycles. The van der Waals surface area contributed by atoms with Crippen LogP contribution in [0.15, 0.2) is 109 Å². The van der Waals surface area contributed by atoms with E-state index in [1.165, 1.54) is 12.1 Å². The van der Waals surface area contributed by atoms with E-state index in [0.29, 0.717) is 0 Å². The van der Waals surface area contributed by atoms with Gasteiger partial charge in [-0.15, -0.1) is 0 Å². The predicted molar refractivity (Wildman–Crippen MR) is 128 cm³/mol. The molecule has 33 heavy (non-hydrogen) atoms. The van der Waals surface area contributed by atoms with Crippen LogP contribution in [-0.4, -0.2) is 19.9 Å². The second-order valence-electron chi connectivity index (χ2n) is 7.40. The van der Waals surface area contributed by atoms with Gasteiger partial charge in [0, 0.05) is 30.1 Å². The van der Waals surface area contributed by atoms with Crippen LogP contribution in [0.2, 0.25) is 0 Å². The van der Waals surface area contributed by atoms with Gasteiger partial charge in [-0.1, -0.05) is 36.4 Å². The maximum Gasteiger partial charge on any atom is 0.269 e. The average molecular weight is 430 g/mol. The van der Waals surface area contributed by atoms with E-state index in [4.69, 9.17) is 4.98 Å². The molecule has 6 heteroatoms. The number of nitro benzene ring substituents is 1. The molecule has 5 rings (SSSR count). The van der Waals surface area contributed by atoms with Gasteiger partial charge >= 0.3 is 0 Å². The zero-order valence-corrected chi connectivity index (χ0v) is 17.5. The molecule has 0 saturated heterocycles. The zero-order valence-electron chi connectivity index (χ0n) is 17.5. The van der Waals surface area contributed by atoms with Gasteiger partial charge in [0.15, 0.2) is 0 Å². The van der Waals surface area contributed by atoms with Crippen molar-refractivity contribution in [1.29, 1.82) is 0 Å². The van der Waals surface area contributed by atoms with E-state index in [1.54, 1.807) is 24.5 Å². The molecule has 6 nitrogen and oxygen atoms in total. The number of pyridine rings is 3. The van der Waals surface area contributed by atoms with Gasteiger partial charge < -0.3 is 0 Å². The number of aromatic nitrogens is 3. The number of hydrogen-bond acceptors (Lipinski definition) is 5. The van der Waals surface area contributed by atoms with Gasteiger partial charge in [0.25, 0.3) is 5.69 Å². The summed E-state index contributed by atoms with van der Waals surface area (Å²) >= 11 is 0. The molecule has 0 N–H and O–H groups in total. The SMILES string of the molecule is O=[N+]([O-])c1ccc(-c2ccc(-c3ccc(-c4ccccn4)nc3-c3ccccn3)cc2)cc1.